The molecule has 0 aliphatic heterocycles. The highest BCUT2D eigenvalue weighted by Gasteiger charge is 2.15. The number of thioether (sulfide) groups is 1. The van der Waals surface area contributed by atoms with Crippen LogP contribution >= 0.6 is 11.8 Å². The first-order valence-corrected chi connectivity index (χ1v) is 8.64. The molecule has 1 heterocycles. The minimum Gasteiger partial charge on any atom is -0.452 e. The van der Waals surface area contributed by atoms with Gasteiger partial charge in [0.2, 0.25) is 0 Å². The maximum Gasteiger partial charge on any atom is 0.341 e. The highest BCUT2D eigenvalue weighted by atomic mass is 32.2. The van der Waals surface area contributed by atoms with Crippen LogP contribution in [0.4, 0.5) is 5.69 Å². The number of hydrogen-bond donors (Lipinski definition) is 2. The lowest BCUT2D eigenvalue weighted by Gasteiger charge is -2.09. The highest BCUT2D eigenvalue weighted by Crippen LogP contribution is 2.17. The van der Waals surface area contributed by atoms with Gasteiger partial charge in [-0.05, 0) is 30.5 Å². The van der Waals surface area contributed by atoms with Crippen molar-refractivity contribution >= 4 is 35.2 Å². The molecular formula is C16H14N4O6S. The standard InChI is InChI=1S/C16H14N4O6S/c1-27-15-12(3-2-8-17-15)16(23)26-9-13(21)18-19-14(22)10-4-6-11(7-5-10)20(24)25/h2-8H,9H2,1H3,(H,18,21)(H,19,22). The molecule has 0 saturated heterocycles. The van der Waals surface area contributed by atoms with Crippen molar-refractivity contribution in [1.29, 1.82) is 0 Å². The summed E-state index contributed by atoms with van der Waals surface area (Å²) in [6.45, 7) is -0.609. The molecule has 140 valence electrons. The van der Waals surface area contributed by atoms with E-state index in [2.05, 4.69) is 15.8 Å². The zero-order valence-corrected chi connectivity index (χ0v) is 14.8. The molecular weight excluding hydrogens is 376 g/mol. The first-order chi connectivity index (χ1) is 12.9. The number of nitrogens with zero attached hydrogens (tertiary/aromatic N) is 2. The molecule has 0 atom stereocenters. The van der Waals surface area contributed by atoms with Crippen LogP contribution in [-0.4, -0.2) is 40.6 Å². The minimum absolute atomic E-state index is 0.109. The largest absolute Gasteiger partial charge is 0.452 e. The maximum atomic E-state index is 12.0. The number of amides is 2. The number of aromatic nitrogens is 1. The molecule has 0 fully saturated rings. The lowest BCUT2D eigenvalue weighted by molar-refractivity contribution is -0.384. The number of carbonyl (C=O) groups excluding carboxylic acids is 3. The number of carbonyl (C=O) groups is 3. The Hall–Kier alpha value is -3.47. The summed E-state index contributed by atoms with van der Waals surface area (Å²) in [5.41, 5.74) is 4.37. The molecule has 1 aromatic carbocycles. The number of ether oxygens (including phenoxy) is 1. The van der Waals surface area contributed by atoms with Crippen LogP contribution in [0.25, 0.3) is 0 Å². The monoisotopic (exact) mass is 390 g/mol. The van der Waals surface area contributed by atoms with Crippen molar-refractivity contribution in [2.24, 2.45) is 0 Å². The van der Waals surface area contributed by atoms with Gasteiger partial charge < -0.3 is 4.74 Å². The summed E-state index contributed by atoms with van der Waals surface area (Å²) < 4.78 is 4.88. The van der Waals surface area contributed by atoms with Crippen molar-refractivity contribution in [2.45, 2.75) is 5.03 Å². The summed E-state index contributed by atoms with van der Waals surface area (Å²) in [5, 5.41) is 11.0. The summed E-state index contributed by atoms with van der Waals surface area (Å²) in [7, 11) is 0. The minimum atomic E-state index is -0.756. The molecule has 0 saturated carbocycles. The van der Waals surface area contributed by atoms with E-state index in [0.29, 0.717) is 5.03 Å². The number of non-ortho nitro benzene ring substituents is 1. The van der Waals surface area contributed by atoms with Crippen molar-refractivity contribution in [3.05, 3.63) is 63.8 Å². The van der Waals surface area contributed by atoms with Gasteiger partial charge >= 0.3 is 5.97 Å². The molecule has 1 aromatic heterocycles. The molecule has 0 aliphatic carbocycles. The van der Waals surface area contributed by atoms with E-state index in [0.717, 1.165) is 12.1 Å². The number of nitro groups is 1. The molecule has 2 amide bonds. The molecule has 0 bridgehead atoms. The van der Waals surface area contributed by atoms with Crippen LogP contribution in [0.15, 0.2) is 47.6 Å². The van der Waals surface area contributed by atoms with Crippen LogP contribution in [-0.2, 0) is 9.53 Å². The molecule has 0 radical (unpaired) electrons. The van der Waals surface area contributed by atoms with Crippen LogP contribution < -0.4 is 10.9 Å². The number of hydrogen-bond acceptors (Lipinski definition) is 8. The Morgan fingerprint density at radius 3 is 2.52 bits per heavy atom. The fourth-order valence-electron chi connectivity index (χ4n) is 1.89. The Morgan fingerprint density at radius 2 is 1.89 bits per heavy atom. The van der Waals surface area contributed by atoms with E-state index in [9.17, 15) is 24.5 Å². The van der Waals surface area contributed by atoms with Gasteiger partial charge in [0, 0.05) is 23.9 Å². The second-order valence-electron chi connectivity index (χ2n) is 4.94. The number of pyridine rings is 1. The molecule has 0 spiro atoms. The zero-order valence-electron chi connectivity index (χ0n) is 14.0. The Kier molecular flexibility index (Phi) is 6.83. The van der Waals surface area contributed by atoms with Crippen LogP contribution in [0.5, 0.6) is 0 Å². The third-order valence-corrected chi connectivity index (χ3v) is 3.89. The Balaban J connectivity index is 1.82. The van der Waals surface area contributed by atoms with Crippen LogP contribution in [0.2, 0.25) is 0 Å². The Morgan fingerprint density at radius 1 is 1.19 bits per heavy atom. The van der Waals surface area contributed by atoms with E-state index in [1.54, 1.807) is 12.3 Å². The molecule has 2 N–H and O–H groups in total. The van der Waals surface area contributed by atoms with Crippen molar-refractivity contribution in [3.8, 4) is 0 Å². The van der Waals surface area contributed by atoms with Crippen LogP contribution in [0.1, 0.15) is 20.7 Å². The van der Waals surface area contributed by atoms with Crippen LogP contribution in [0, 0.1) is 10.1 Å². The zero-order chi connectivity index (χ0) is 19.8. The van der Waals surface area contributed by atoms with Gasteiger partial charge in [0.15, 0.2) is 6.61 Å². The summed E-state index contributed by atoms with van der Waals surface area (Å²) >= 11 is 1.26. The molecule has 2 aromatic rings. The van der Waals surface area contributed by atoms with Crippen LogP contribution in [0.3, 0.4) is 0 Å². The van der Waals surface area contributed by atoms with E-state index in [4.69, 9.17) is 4.74 Å². The van der Waals surface area contributed by atoms with E-state index in [1.807, 2.05) is 0 Å². The smallest absolute Gasteiger partial charge is 0.341 e. The van der Waals surface area contributed by atoms with Crippen molar-refractivity contribution < 1.29 is 24.0 Å². The topological polar surface area (TPSA) is 141 Å². The molecule has 11 heteroatoms. The molecule has 2 rings (SSSR count). The summed E-state index contributed by atoms with van der Waals surface area (Å²) in [6, 6.07) is 7.90. The number of nitro benzene ring substituents is 1. The fraction of sp³-hybridized carbons (Fsp3) is 0.125. The van der Waals surface area contributed by atoms with Gasteiger partial charge in [0.1, 0.15) is 5.03 Å². The normalized spacial score (nSPS) is 9.96. The van der Waals surface area contributed by atoms with Gasteiger partial charge in [-0.1, -0.05) is 0 Å². The quantitative estimate of drug-likeness (QED) is 0.326. The number of benzene rings is 1. The number of rotatable bonds is 6. The summed E-state index contributed by atoms with van der Waals surface area (Å²) in [6.07, 6.45) is 3.28. The number of esters is 1. The lowest BCUT2D eigenvalue weighted by atomic mass is 10.2. The molecule has 10 nitrogen and oxygen atoms in total. The van der Waals surface area contributed by atoms with Crippen molar-refractivity contribution in [2.75, 3.05) is 12.9 Å². The Labute approximate surface area is 157 Å². The average molecular weight is 390 g/mol. The second kappa shape index (κ2) is 9.29. The average Bonchev–Trinajstić information content (AvgIpc) is 2.70. The van der Waals surface area contributed by atoms with Gasteiger partial charge in [-0.25, -0.2) is 9.78 Å². The van der Waals surface area contributed by atoms with E-state index in [1.165, 1.54) is 36.2 Å². The number of hydrazine groups is 1. The maximum absolute atomic E-state index is 12.0. The van der Waals surface area contributed by atoms with E-state index < -0.39 is 29.3 Å². The molecule has 0 unspecified atom stereocenters. The first-order valence-electron chi connectivity index (χ1n) is 7.42. The van der Waals surface area contributed by atoms with Crippen molar-refractivity contribution in [1.82, 2.24) is 15.8 Å². The Bertz CT molecular complexity index is 871. The van der Waals surface area contributed by atoms with Gasteiger partial charge in [-0.3, -0.25) is 30.6 Å². The molecule has 0 aliphatic rings. The fourth-order valence-corrected chi connectivity index (χ4v) is 2.42. The van der Waals surface area contributed by atoms with Gasteiger partial charge in [-0.2, -0.15) is 0 Å². The highest BCUT2D eigenvalue weighted by molar-refractivity contribution is 7.98. The van der Waals surface area contributed by atoms with Crippen molar-refractivity contribution in [3.63, 3.8) is 0 Å². The van der Waals surface area contributed by atoms with Gasteiger partial charge in [0.25, 0.3) is 17.5 Å². The summed E-state index contributed by atoms with van der Waals surface area (Å²) in [4.78, 5) is 49.5. The van der Waals surface area contributed by atoms with E-state index in [-0.39, 0.29) is 16.8 Å². The van der Waals surface area contributed by atoms with Gasteiger partial charge in [-0.15, -0.1) is 11.8 Å². The third kappa shape index (κ3) is 5.51. The van der Waals surface area contributed by atoms with Gasteiger partial charge in [0.05, 0.1) is 10.5 Å². The predicted octanol–water partition coefficient (Wildman–Crippen LogP) is 1.33. The lowest BCUT2D eigenvalue weighted by Crippen LogP contribution is -2.43. The second-order valence-corrected chi connectivity index (χ2v) is 5.74. The third-order valence-electron chi connectivity index (χ3n) is 3.17. The number of nitrogens with one attached hydrogen (secondary N) is 2. The predicted molar refractivity (Wildman–Crippen MR) is 95.0 cm³/mol. The first kappa shape index (κ1) is 19.8. The van der Waals surface area contributed by atoms with E-state index >= 15 is 0 Å². The molecule has 27 heavy (non-hydrogen) atoms. The SMILES string of the molecule is CSc1ncccc1C(=O)OCC(=O)NNC(=O)c1ccc([N+](=O)[O-])cc1. The summed E-state index contributed by atoms with van der Waals surface area (Å²) in [5.74, 6) is -2.15.